The molecule has 1 aromatic carbocycles. The van der Waals surface area contributed by atoms with Gasteiger partial charge in [-0.1, -0.05) is 0 Å². The second-order valence-electron chi connectivity index (χ2n) is 5.96. The number of hydrogen-bond donors (Lipinski definition) is 2. The smallest absolute Gasteiger partial charge is 0.248 e. The number of ether oxygens (including phenoxy) is 1. The van der Waals surface area contributed by atoms with E-state index in [0.717, 1.165) is 38.3 Å². The summed E-state index contributed by atoms with van der Waals surface area (Å²) in [6.45, 7) is 4.25. The Kier molecular flexibility index (Phi) is 4.29. The van der Waals surface area contributed by atoms with Crippen LogP contribution in [0.1, 0.15) is 16.8 Å². The number of primary amides is 1. The van der Waals surface area contributed by atoms with E-state index in [9.17, 15) is 9.59 Å². The molecule has 118 valence electrons. The summed E-state index contributed by atoms with van der Waals surface area (Å²) in [6.07, 6.45) is 0.915. The van der Waals surface area contributed by atoms with Crippen molar-refractivity contribution < 1.29 is 14.3 Å². The van der Waals surface area contributed by atoms with Crippen LogP contribution in [0, 0.1) is 11.8 Å². The Labute approximate surface area is 129 Å². The van der Waals surface area contributed by atoms with Gasteiger partial charge in [0, 0.05) is 37.7 Å². The quantitative estimate of drug-likeness (QED) is 0.737. The van der Waals surface area contributed by atoms with Gasteiger partial charge < -0.3 is 20.7 Å². The Morgan fingerprint density at radius 1 is 1.32 bits per heavy atom. The minimum absolute atomic E-state index is 0.183. The van der Waals surface area contributed by atoms with Crippen molar-refractivity contribution in [2.24, 2.45) is 17.6 Å². The molecule has 0 radical (unpaired) electrons. The Bertz CT molecular complexity index is 558. The lowest BCUT2D eigenvalue weighted by Gasteiger charge is -2.16. The lowest BCUT2D eigenvalue weighted by atomic mass is 10.0. The zero-order valence-corrected chi connectivity index (χ0v) is 12.5. The van der Waals surface area contributed by atoms with Crippen molar-refractivity contribution in [1.29, 1.82) is 0 Å². The highest BCUT2D eigenvalue weighted by atomic mass is 16.5. The Hall–Kier alpha value is -2.08. The van der Waals surface area contributed by atoms with Crippen LogP contribution in [0.25, 0.3) is 0 Å². The number of fused-ring (bicyclic) bond motifs is 1. The van der Waals surface area contributed by atoms with Crippen molar-refractivity contribution in [3.05, 3.63) is 29.8 Å². The predicted molar refractivity (Wildman–Crippen MR) is 81.5 cm³/mol. The molecule has 0 aliphatic carbocycles. The second kappa shape index (κ2) is 6.36. The van der Waals surface area contributed by atoms with Gasteiger partial charge in [-0.25, -0.2) is 0 Å². The van der Waals surface area contributed by atoms with E-state index in [1.54, 1.807) is 24.3 Å². The number of nitrogens with two attached hydrogens (primary N) is 1. The van der Waals surface area contributed by atoms with Gasteiger partial charge in [-0.2, -0.15) is 0 Å². The zero-order chi connectivity index (χ0) is 15.5. The second-order valence-corrected chi connectivity index (χ2v) is 5.96. The fourth-order valence-electron chi connectivity index (χ4n) is 3.20. The topological polar surface area (TPSA) is 84.7 Å². The number of hydrogen-bond acceptors (Lipinski definition) is 4. The number of benzene rings is 1. The highest BCUT2D eigenvalue weighted by Gasteiger charge is 2.41. The van der Waals surface area contributed by atoms with Gasteiger partial charge >= 0.3 is 0 Å². The van der Waals surface area contributed by atoms with E-state index < -0.39 is 5.91 Å². The normalized spacial score (nSPS) is 24.1. The number of carbonyl (C=O) groups excluding carboxylic acids is 2. The molecule has 1 aromatic rings. The maximum atomic E-state index is 11.6. The van der Waals surface area contributed by atoms with Gasteiger partial charge in [-0.15, -0.1) is 0 Å². The largest absolute Gasteiger partial charge is 0.494 e. The number of rotatable bonds is 6. The minimum atomic E-state index is -0.435. The SMILES string of the molecule is NC(=O)c1ccc(OCCCN2C[C@@H]3CNC(=O)[C@@H]3C2)cc1. The van der Waals surface area contributed by atoms with Crippen LogP contribution in [-0.4, -0.2) is 49.5 Å². The van der Waals surface area contributed by atoms with Gasteiger partial charge in [0.1, 0.15) is 5.75 Å². The van der Waals surface area contributed by atoms with Gasteiger partial charge in [0.05, 0.1) is 12.5 Å². The van der Waals surface area contributed by atoms with E-state index >= 15 is 0 Å². The molecule has 2 fully saturated rings. The standard InChI is InChI=1S/C16H21N3O3/c17-15(20)11-2-4-13(5-3-11)22-7-1-6-19-9-12-8-18-16(21)14(12)10-19/h2-5,12,14H,1,6-10H2,(H2,17,20)(H,18,21)/t12-,14+/m0/s1. The van der Waals surface area contributed by atoms with E-state index in [2.05, 4.69) is 10.2 Å². The van der Waals surface area contributed by atoms with Gasteiger partial charge in [0.2, 0.25) is 11.8 Å². The summed E-state index contributed by atoms with van der Waals surface area (Å²) >= 11 is 0. The van der Waals surface area contributed by atoms with Gasteiger partial charge in [0.15, 0.2) is 0 Å². The fourth-order valence-corrected chi connectivity index (χ4v) is 3.20. The number of carbonyl (C=O) groups is 2. The molecule has 6 nitrogen and oxygen atoms in total. The molecule has 0 saturated carbocycles. The van der Waals surface area contributed by atoms with E-state index in [1.807, 2.05) is 0 Å². The lowest BCUT2D eigenvalue weighted by molar-refractivity contribution is -0.122. The van der Waals surface area contributed by atoms with E-state index in [-0.39, 0.29) is 11.8 Å². The Balaban J connectivity index is 1.37. The summed E-state index contributed by atoms with van der Waals surface area (Å²) in [5.41, 5.74) is 5.67. The molecule has 0 bridgehead atoms. The molecule has 0 spiro atoms. The summed E-state index contributed by atoms with van der Waals surface area (Å²) in [5.74, 6) is 1.17. The highest BCUT2D eigenvalue weighted by molar-refractivity contribution is 5.92. The molecular weight excluding hydrogens is 282 g/mol. The number of likely N-dealkylation sites (tertiary alicyclic amines) is 1. The molecule has 3 N–H and O–H groups in total. The summed E-state index contributed by atoms with van der Waals surface area (Å²) < 4.78 is 5.66. The van der Waals surface area contributed by atoms with E-state index in [1.165, 1.54) is 0 Å². The van der Waals surface area contributed by atoms with Crippen molar-refractivity contribution in [2.45, 2.75) is 6.42 Å². The third-order valence-electron chi connectivity index (χ3n) is 4.42. The predicted octanol–water partition coefficient (Wildman–Crippen LogP) is 0.232. The van der Waals surface area contributed by atoms with Gasteiger partial charge in [-0.05, 0) is 30.7 Å². The van der Waals surface area contributed by atoms with E-state index in [4.69, 9.17) is 10.5 Å². The van der Waals surface area contributed by atoms with Crippen LogP contribution in [0.3, 0.4) is 0 Å². The first kappa shape index (κ1) is 14.8. The summed E-state index contributed by atoms with van der Waals surface area (Å²) in [5, 5.41) is 2.92. The molecule has 2 saturated heterocycles. The molecule has 2 amide bonds. The fraction of sp³-hybridized carbons (Fsp3) is 0.500. The van der Waals surface area contributed by atoms with Crippen molar-refractivity contribution in [1.82, 2.24) is 10.2 Å². The Morgan fingerprint density at radius 3 is 2.77 bits per heavy atom. The highest BCUT2D eigenvalue weighted by Crippen LogP contribution is 2.27. The molecule has 22 heavy (non-hydrogen) atoms. The minimum Gasteiger partial charge on any atom is -0.494 e. The maximum absolute atomic E-state index is 11.6. The van der Waals surface area contributed by atoms with Crippen LogP contribution in [0.15, 0.2) is 24.3 Å². The Morgan fingerprint density at radius 2 is 2.09 bits per heavy atom. The molecule has 2 aliphatic heterocycles. The monoisotopic (exact) mass is 303 g/mol. The zero-order valence-electron chi connectivity index (χ0n) is 12.5. The van der Waals surface area contributed by atoms with Crippen LogP contribution in [0.2, 0.25) is 0 Å². The van der Waals surface area contributed by atoms with Crippen LogP contribution < -0.4 is 15.8 Å². The summed E-state index contributed by atoms with van der Waals surface area (Å²) in [6, 6.07) is 6.84. The molecular formula is C16H21N3O3. The molecule has 0 aromatic heterocycles. The molecule has 0 unspecified atom stereocenters. The first-order chi connectivity index (χ1) is 10.6. The molecule has 2 atom stereocenters. The summed E-state index contributed by atoms with van der Waals surface area (Å²) in [4.78, 5) is 24.9. The van der Waals surface area contributed by atoms with Crippen molar-refractivity contribution in [3.63, 3.8) is 0 Å². The van der Waals surface area contributed by atoms with Crippen LogP contribution >= 0.6 is 0 Å². The third-order valence-corrected chi connectivity index (χ3v) is 4.42. The van der Waals surface area contributed by atoms with Crippen LogP contribution in [0.4, 0.5) is 0 Å². The third kappa shape index (κ3) is 3.22. The van der Waals surface area contributed by atoms with Crippen molar-refractivity contribution in [3.8, 4) is 5.75 Å². The molecule has 2 heterocycles. The maximum Gasteiger partial charge on any atom is 0.248 e. The summed E-state index contributed by atoms with van der Waals surface area (Å²) in [7, 11) is 0. The first-order valence-electron chi connectivity index (χ1n) is 7.66. The van der Waals surface area contributed by atoms with Gasteiger partial charge in [-0.3, -0.25) is 9.59 Å². The lowest BCUT2D eigenvalue weighted by Crippen LogP contribution is -2.30. The van der Waals surface area contributed by atoms with Crippen LogP contribution in [0.5, 0.6) is 5.75 Å². The van der Waals surface area contributed by atoms with Gasteiger partial charge in [0.25, 0.3) is 0 Å². The first-order valence-corrected chi connectivity index (χ1v) is 7.66. The average molecular weight is 303 g/mol. The average Bonchev–Trinajstić information content (AvgIpc) is 3.06. The van der Waals surface area contributed by atoms with Crippen LogP contribution in [-0.2, 0) is 4.79 Å². The molecule has 2 aliphatic rings. The van der Waals surface area contributed by atoms with Crippen molar-refractivity contribution >= 4 is 11.8 Å². The van der Waals surface area contributed by atoms with Crippen molar-refractivity contribution in [2.75, 3.05) is 32.8 Å². The number of amides is 2. The molecule has 6 heteroatoms. The number of nitrogens with one attached hydrogen (secondary N) is 1. The van der Waals surface area contributed by atoms with E-state index in [0.29, 0.717) is 18.1 Å². The number of nitrogens with zero attached hydrogens (tertiary/aromatic N) is 1. The molecule has 3 rings (SSSR count).